The van der Waals surface area contributed by atoms with E-state index in [1.54, 1.807) is 19.5 Å². The lowest BCUT2D eigenvalue weighted by Crippen LogP contribution is -2.32. The molecule has 3 aromatic rings. The summed E-state index contributed by atoms with van der Waals surface area (Å²) in [4.78, 5) is 4.14. The first-order chi connectivity index (χ1) is 10.3. The number of methoxy groups -OCH3 is 1. The minimum atomic E-state index is -1.18. The van der Waals surface area contributed by atoms with Crippen LogP contribution in [0.2, 0.25) is 0 Å². The van der Waals surface area contributed by atoms with Crippen molar-refractivity contribution in [2.45, 2.75) is 5.60 Å². The van der Waals surface area contributed by atoms with E-state index in [2.05, 4.69) is 4.98 Å². The van der Waals surface area contributed by atoms with Crippen LogP contribution in [-0.4, -0.2) is 23.8 Å². The highest BCUT2D eigenvalue weighted by molar-refractivity contribution is 5.86. The Hall–Kier alpha value is -2.23. The van der Waals surface area contributed by atoms with E-state index < -0.39 is 5.60 Å². The first-order valence-corrected chi connectivity index (χ1v) is 6.86. The van der Waals surface area contributed by atoms with Crippen LogP contribution in [0.15, 0.2) is 67.0 Å². The van der Waals surface area contributed by atoms with Crippen LogP contribution in [0, 0.1) is 0 Å². The number of ether oxygens (including phenoxy) is 1. The van der Waals surface area contributed by atoms with Crippen molar-refractivity contribution in [2.75, 3.05) is 13.7 Å². The molecule has 0 radical (unpaired) electrons. The molecule has 2 aromatic carbocycles. The number of rotatable bonds is 4. The maximum absolute atomic E-state index is 11.3. The minimum Gasteiger partial charge on any atom is -0.381 e. The monoisotopic (exact) mass is 279 g/mol. The summed E-state index contributed by atoms with van der Waals surface area (Å²) >= 11 is 0. The highest BCUT2D eigenvalue weighted by Gasteiger charge is 2.33. The Labute approximate surface area is 123 Å². The predicted octanol–water partition coefficient (Wildman–Crippen LogP) is 3.12. The Morgan fingerprint density at radius 1 is 1.05 bits per heavy atom. The third kappa shape index (κ3) is 2.42. The summed E-state index contributed by atoms with van der Waals surface area (Å²) in [6, 6.07) is 17.4. The van der Waals surface area contributed by atoms with Gasteiger partial charge in [-0.05, 0) is 22.6 Å². The van der Waals surface area contributed by atoms with Crippen LogP contribution in [0.5, 0.6) is 0 Å². The van der Waals surface area contributed by atoms with Gasteiger partial charge in [-0.25, -0.2) is 0 Å². The van der Waals surface area contributed by atoms with Gasteiger partial charge in [0.25, 0.3) is 0 Å². The molecule has 3 rings (SSSR count). The molecule has 0 fully saturated rings. The van der Waals surface area contributed by atoms with Gasteiger partial charge in [-0.2, -0.15) is 0 Å². The van der Waals surface area contributed by atoms with Gasteiger partial charge in [-0.3, -0.25) is 4.98 Å². The highest BCUT2D eigenvalue weighted by atomic mass is 16.5. The Kier molecular flexibility index (Phi) is 3.69. The molecule has 1 N–H and O–H groups in total. The lowest BCUT2D eigenvalue weighted by Gasteiger charge is -2.29. The van der Waals surface area contributed by atoms with Crippen LogP contribution in [0.25, 0.3) is 10.8 Å². The van der Waals surface area contributed by atoms with Crippen molar-refractivity contribution in [3.05, 3.63) is 78.1 Å². The molecule has 1 heterocycles. The normalized spacial score (nSPS) is 14.0. The number of aromatic nitrogens is 1. The van der Waals surface area contributed by atoms with Gasteiger partial charge >= 0.3 is 0 Å². The summed E-state index contributed by atoms with van der Waals surface area (Å²) in [5.74, 6) is 0. The topological polar surface area (TPSA) is 42.4 Å². The van der Waals surface area contributed by atoms with E-state index in [9.17, 15) is 5.11 Å². The van der Waals surface area contributed by atoms with E-state index in [0.717, 1.165) is 21.9 Å². The molecule has 0 amide bonds. The third-order valence-corrected chi connectivity index (χ3v) is 3.73. The van der Waals surface area contributed by atoms with Gasteiger partial charge in [-0.1, -0.05) is 48.5 Å². The molecule has 0 spiro atoms. The average molecular weight is 279 g/mol. The van der Waals surface area contributed by atoms with Crippen molar-refractivity contribution in [1.29, 1.82) is 0 Å². The summed E-state index contributed by atoms with van der Waals surface area (Å²) in [5, 5.41) is 13.3. The lowest BCUT2D eigenvalue weighted by molar-refractivity contribution is -0.00221. The third-order valence-electron chi connectivity index (χ3n) is 3.73. The fourth-order valence-electron chi connectivity index (χ4n) is 2.72. The van der Waals surface area contributed by atoms with Gasteiger partial charge in [0, 0.05) is 24.9 Å². The first kappa shape index (κ1) is 13.7. The van der Waals surface area contributed by atoms with E-state index in [1.165, 1.54) is 0 Å². The molecular formula is C18H17NO2. The first-order valence-electron chi connectivity index (χ1n) is 6.86. The quantitative estimate of drug-likeness (QED) is 0.798. The summed E-state index contributed by atoms with van der Waals surface area (Å²) in [5.41, 5.74) is 0.461. The summed E-state index contributed by atoms with van der Waals surface area (Å²) in [7, 11) is 1.60. The molecule has 0 aliphatic rings. The van der Waals surface area contributed by atoms with E-state index in [4.69, 9.17) is 4.74 Å². The minimum absolute atomic E-state index is 0.193. The molecular weight excluding hydrogens is 262 g/mol. The molecule has 1 atom stereocenters. The number of hydrogen-bond acceptors (Lipinski definition) is 3. The van der Waals surface area contributed by atoms with Crippen LogP contribution < -0.4 is 0 Å². The van der Waals surface area contributed by atoms with Crippen LogP contribution in [0.3, 0.4) is 0 Å². The fourth-order valence-corrected chi connectivity index (χ4v) is 2.72. The smallest absolute Gasteiger partial charge is 0.138 e. The van der Waals surface area contributed by atoms with Crippen molar-refractivity contribution in [2.24, 2.45) is 0 Å². The van der Waals surface area contributed by atoms with E-state index >= 15 is 0 Å². The summed E-state index contributed by atoms with van der Waals surface area (Å²) < 4.78 is 5.30. The second kappa shape index (κ2) is 5.64. The highest BCUT2D eigenvalue weighted by Crippen LogP contribution is 2.34. The molecule has 0 saturated heterocycles. The van der Waals surface area contributed by atoms with E-state index in [0.29, 0.717) is 0 Å². The molecule has 0 saturated carbocycles. The van der Waals surface area contributed by atoms with Crippen LogP contribution in [-0.2, 0) is 10.3 Å². The molecule has 1 unspecified atom stereocenters. The summed E-state index contributed by atoms with van der Waals surface area (Å²) in [6.07, 6.45) is 3.54. The SMILES string of the molecule is COCC(O)(c1ccccc1)c1cccc2cnccc12. The van der Waals surface area contributed by atoms with Crippen LogP contribution in [0.4, 0.5) is 0 Å². The molecule has 0 aliphatic heterocycles. The van der Waals surface area contributed by atoms with Crippen molar-refractivity contribution >= 4 is 10.8 Å². The number of benzene rings is 2. The van der Waals surface area contributed by atoms with E-state index in [1.807, 2.05) is 54.6 Å². The zero-order valence-corrected chi connectivity index (χ0v) is 11.9. The van der Waals surface area contributed by atoms with Gasteiger partial charge in [0.15, 0.2) is 0 Å². The molecule has 106 valence electrons. The van der Waals surface area contributed by atoms with Gasteiger partial charge in [0.2, 0.25) is 0 Å². The zero-order chi connectivity index (χ0) is 14.7. The van der Waals surface area contributed by atoms with E-state index in [-0.39, 0.29) is 6.61 Å². The number of hydrogen-bond donors (Lipinski definition) is 1. The van der Waals surface area contributed by atoms with Gasteiger partial charge < -0.3 is 9.84 Å². The fraction of sp³-hybridized carbons (Fsp3) is 0.167. The number of aliphatic hydroxyl groups is 1. The zero-order valence-electron chi connectivity index (χ0n) is 11.9. The van der Waals surface area contributed by atoms with Gasteiger partial charge in [0.1, 0.15) is 5.60 Å². The van der Waals surface area contributed by atoms with Crippen molar-refractivity contribution in [3.8, 4) is 0 Å². The van der Waals surface area contributed by atoms with Crippen molar-refractivity contribution in [1.82, 2.24) is 4.98 Å². The van der Waals surface area contributed by atoms with Crippen molar-refractivity contribution < 1.29 is 9.84 Å². The second-order valence-corrected chi connectivity index (χ2v) is 5.06. The molecule has 3 heteroatoms. The Morgan fingerprint density at radius 3 is 2.62 bits per heavy atom. The molecule has 0 bridgehead atoms. The predicted molar refractivity (Wildman–Crippen MR) is 83.1 cm³/mol. The number of nitrogens with zero attached hydrogens (tertiary/aromatic N) is 1. The summed E-state index contributed by atoms with van der Waals surface area (Å²) in [6.45, 7) is 0.193. The molecule has 3 nitrogen and oxygen atoms in total. The maximum Gasteiger partial charge on any atom is 0.138 e. The lowest BCUT2D eigenvalue weighted by atomic mass is 9.84. The Balaban J connectivity index is 2.25. The second-order valence-electron chi connectivity index (χ2n) is 5.06. The average Bonchev–Trinajstić information content (AvgIpc) is 2.55. The molecule has 21 heavy (non-hydrogen) atoms. The maximum atomic E-state index is 11.3. The molecule has 1 aromatic heterocycles. The van der Waals surface area contributed by atoms with Crippen LogP contribution in [0.1, 0.15) is 11.1 Å². The standard InChI is InChI=1S/C18H17NO2/c1-21-13-18(20,15-7-3-2-4-8-15)17-9-5-6-14-12-19-11-10-16(14)17/h2-12,20H,13H2,1H3. The largest absolute Gasteiger partial charge is 0.381 e. The van der Waals surface area contributed by atoms with Crippen LogP contribution >= 0.6 is 0 Å². The Morgan fingerprint density at radius 2 is 1.86 bits per heavy atom. The Bertz CT molecular complexity index is 737. The van der Waals surface area contributed by atoms with Crippen molar-refractivity contribution in [3.63, 3.8) is 0 Å². The molecule has 0 aliphatic carbocycles. The number of fused-ring (bicyclic) bond motifs is 1. The van der Waals surface area contributed by atoms with Gasteiger partial charge in [0.05, 0.1) is 6.61 Å². The number of pyridine rings is 1. The van der Waals surface area contributed by atoms with Gasteiger partial charge in [-0.15, -0.1) is 0 Å².